The largest absolute Gasteiger partial charge is 0.390 e. The van der Waals surface area contributed by atoms with Crippen LogP contribution >= 0.6 is 11.3 Å². The van der Waals surface area contributed by atoms with Crippen LogP contribution in [0.2, 0.25) is 0 Å². The standard InChI is InChI=1S/C16H17N3O2S/c1-9-4-2-3-5-10(9)16(21)19-7-6-11-12(8-19)22-15(18)13(11)14(17)20/h2-5H,6-8,18H2,1H3,(H2,17,20). The Morgan fingerprint density at radius 2 is 2.00 bits per heavy atom. The molecule has 4 N–H and O–H groups in total. The molecule has 0 fully saturated rings. The van der Waals surface area contributed by atoms with E-state index in [9.17, 15) is 9.59 Å². The number of nitrogens with zero attached hydrogens (tertiary/aromatic N) is 1. The number of thiophene rings is 1. The summed E-state index contributed by atoms with van der Waals surface area (Å²) in [6.45, 7) is 2.97. The van der Waals surface area contributed by atoms with Crippen LogP contribution in [0.3, 0.4) is 0 Å². The zero-order valence-corrected chi connectivity index (χ0v) is 13.1. The number of rotatable bonds is 2. The number of anilines is 1. The van der Waals surface area contributed by atoms with Crippen LogP contribution in [-0.2, 0) is 13.0 Å². The van der Waals surface area contributed by atoms with E-state index in [-0.39, 0.29) is 5.91 Å². The summed E-state index contributed by atoms with van der Waals surface area (Å²) >= 11 is 1.35. The van der Waals surface area contributed by atoms with Crippen LogP contribution in [0.5, 0.6) is 0 Å². The topological polar surface area (TPSA) is 89.4 Å². The average molecular weight is 315 g/mol. The molecule has 114 valence electrons. The Morgan fingerprint density at radius 1 is 1.27 bits per heavy atom. The summed E-state index contributed by atoms with van der Waals surface area (Å²) in [6, 6.07) is 7.55. The maximum atomic E-state index is 12.7. The van der Waals surface area contributed by atoms with Gasteiger partial charge in [0.05, 0.1) is 17.1 Å². The quantitative estimate of drug-likeness (QED) is 0.887. The summed E-state index contributed by atoms with van der Waals surface area (Å²) in [7, 11) is 0. The van der Waals surface area contributed by atoms with Crippen molar-refractivity contribution in [2.75, 3.05) is 12.3 Å². The van der Waals surface area contributed by atoms with Crippen molar-refractivity contribution < 1.29 is 9.59 Å². The maximum Gasteiger partial charge on any atom is 0.254 e. The lowest BCUT2D eigenvalue weighted by Crippen LogP contribution is -2.36. The highest BCUT2D eigenvalue weighted by atomic mass is 32.1. The Morgan fingerprint density at radius 3 is 2.68 bits per heavy atom. The number of amides is 2. The number of primary amides is 1. The lowest BCUT2D eigenvalue weighted by Gasteiger charge is -2.27. The van der Waals surface area contributed by atoms with Gasteiger partial charge in [0.15, 0.2) is 0 Å². The van der Waals surface area contributed by atoms with Gasteiger partial charge in [-0.15, -0.1) is 11.3 Å². The van der Waals surface area contributed by atoms with Crippen molar-refractivity contribution in [3.8, 4) is 0 Å². The first kappa shape index (κ1) is 14.6. The Hall–Kier alpha value is -2.34. The van der Waals surface area contributed by atoms with Crippen molar-refractivity contribution in [3.05, 3.63) is 51.4 Å². The predicted octanol–water partition coefficient (Wildman–Crippen LogP) is 1.94. The third-order valence-electron chi connectivity index (χ3n) is 3.99. The first-order valence-corrected chi connectivity index (χ1v) is 7.85. The molecule has 1 aliphatic heterocycles. The average Bonchev–Trinajstić information content (AvgIpc) is 2.82. The number of carbonyl (C=O) groups excluding carboxylic acids is 2. The van der Waals surface area contributed by atoms with Crippen LogP contribution in [0.4, 0.5) is 5.00 Å². The van der Waals surface area contributed by atoms with Gasteiger partial charge in [0, 0.05) is 17.0 Å². The summed E-state index contributed by atoms with van der Waals surface area (Å²) in [5.41, 5.74) is 14.3. The second kappa shape index (κ2) is 5.46. The van der Waals surface area contributed by atoms with E-state index in [1.165, 1.54) is 11.3 Å². The van der Waals surface area contributed by atoms with Crippen LogP contribution in [-0.4, -0.2) is 23.3 Å². The third-order valence-corrected chi connectivity index (χ3v) is 5.04. The monoisotopic (exact) mass is 315 g/mol. The molecule has 0 aliphatic carbocycles. The highest BCUT2D eigenvalue weighted by molar-refractivity contribution is 7.16. The van der Waals surface area contributed by atoms with Crippen LogP contribution in [0.15, 0.2) is 24.3 Å². The number of fused-ring (bicyclic) bond motifs is 1. The van der Waals surface area contributed by atoms with Crippen molar-refractivity contribution >= 4 is 28.2 Å². The van der Waals surface area contributed by atoms with E-state index in [4.69, 9.17) is 11.5 Å². The molecule has 22 heavy (non-hydrogen) atoms. The summed E-state index contributed by atoms with van der Waals surface area (Å²) in [4.78, 5) is 26.9. The highest BCUT2D eigenvalue weighted by Gasteiger charge is 2.28. The van der Waals surface area contributed by atoms with Gasteiger partial charge in [-0.25, -0.2) is 0 Å². The fourth-order valence-corrected chi connectivity index (χ4v) is 3.99. The lowest BCUT2D eigenvalue weighted by molar-refractivity contribution is 0.0736. The maximum absolute atomic E-state index is 12.7. The SMILES string of the molecule is Cc1ccccc1C(=O)N1CCc2c(sc(N)c2C(N)=O)C1. The van der Waals surface area contributed by atoms with Gasteiger partial charge in [-0.05, 0) is 30.5 Å². The molecule has 2 amide bonds. The van der Waals surface area contributed by atoms with Gasteiger partial charge in [0.1, 0.15) is 0 Å². The Balaban J connectivity index is 1.89. The molecule has 0 atom stereocenters. The van der Waals surface area contributed by atoms with Crippen molar-refractivity contribution in [2.45, 2.75) is 19.9 Å². The Kier molecular flexibility index (Phi) is 3.62. The number of carbonyl (C=O) groups is 2. The summed E-state index contributed by atoms with van der Waals surface area (Å²) in [5.74, 6) is -0.481. The molecule has 1 aliphatic rings. The molecule has 0 saturated carbocycles. The highest BCUT2D eigenvalue weighted by Crippen LogP contribution is 2.35. The van der Waals surface area contributed by atoms with Gasteiger partial charge in [-0.1, -0.05) is 18.2 Å². The molecule has 1 aromatic heterocycles. The van der Waals surface area contributed by atoms with Crippen molar-refractivity contribution in [2.24, 2.45) is 5.73 Å². The minimum atomic E-state index is -0.492. The van der Waals surface area contributed by atoms with E-state index in [1.54, 1.807) is 4.90 Å². The molecule has 0 radical (unpaired) electrons. The molecule has 0 spiro atoms. The molecule has 0 bridgehead atoms. The number of nitrogen functional groups attached to an aromatic ring is 1. The zero-order valence-electron chi connectivity index (χ0n) is 12.3. The number of aryl methyl sites for hydroxylation is 1. The van der Waals surface area contributed by atoms with Gasteiger partial charge in [-0.3, -0.25) is 9.59 Å². The van der Waals surface area contributed by atoms with Crippen LogP contribution in [0.25, 0.3) is 0 Å². The van der Waals surface area contributed by atoms with Gasteiger partial charge in [0.25, 0.3) is 11.8 Å². The number of hydrogen-bond donors (Lipinski definition) is 2. The molecule has 0 unspecified atom stereocenters. The lowest BCUT2D eigenvalue weighted by atomic mass is 10.0. The second-order valence-corrected chi connectivity index (χ2v) is 6.54. The first-order valence-electron chi connectivity index (χ1n) is 7.03. The van der Waals surface area contributed by atoms with E-state index in [0.29, 0.717) is 35.6 Å². The van der Waals surface area contributed by atoms with Gasteiger partial charge in [0.2, 0.25) is 0 Å². The fourth-order valence-electron chi connectivity index (χ4n) is 2.85. The summed E-state index contributed by atoms with van der Waals surface area (Å²) < 4.78 is 0. The first-order chi connectivity index (χ1) is 10.5. The van der Waals surface area contributed by atoms with Crippen LogP contribution < -0.4 is 11.5 Å². The minimum absolute atomic E-state index is 0.0105. The number of hydrogen-bond acceptors (Lipinski definition) is 4. The van der Waals surface area contributed by atoms with Crippen LogP contribution in [0.1, 0.15) is 36.7 Å². The van der Waals surface area contributed by atoms with Gasteiger partial charge in [-0.2, -0.15) is 0 Å². The van der Waals surface area contributed by atoms with E-state index >= 15 is 0 Å². The van der Waals surface area contributed by atoms with Crippen LogP contribution in [0, 0.1) is 6.92 Å². The van der Waals surface area contributed by atoms with Crippen molar-refractivity contribution in [1.82, 2.24) is 4.90 Å². The van der Waals surface area contributed by atoms with Crippen molar-refractivity contribution in [3.63, 3.8) is 0 Å². The minimum Gasteiger partial charge on any atom is -0.390 e. The molecule has 2 heterocycles. The molecule has 0 saturated heterocycles. The van der Waals surface area contributed by atoms with Gasteiger partial charge < -0.3 is 16.4 Å². The number of nitrogens with two attached hydrogens (primary N) is 2. The molecule has 3 rings (SSSR count). The molecular weight excluding hydrogens is 298 g/mol. The molecular formula is C16H17N3O2S. The predicted molar refractivity (Wildman–Crippen MR) is 86.9 cm³/mol. The normalized spacial score (nSPS) is 13.8. The van der Waals surface area contributed by atoms with Crippen molar-refractivity contribution in [1.29, 1.82) is 0 Å². The van der Waals surface area contributed by atoms with Gasteiger partial charge >= 0.3 is 0 Å². The molecule has 5 nitrogen and oxygen atoms in total. The molecule has 1 aromatic carbocycles. The smallest absolute Gasteiger partial charge is 0.254 e. The molecule has 6 heteroatoms. The Labute approximate surface area is 132 Å². The zero-order chi connectivity index (χ0) is 15.9. The van der Waals surface area contributed by atoms with E-state index < -0.39 is 5.91 Å². The fraction of sp³-hybridized carbons (Fsp3) is 0.250. The summed E-state index contributed by atoms with van der Waals surface area (Å²) in [5, 5.41) is 0.447. The van der Waals surface area contributed by atoms with E-state index in [1.807, 2.05) is 31.2 Å². The summed E-state index contributed by atoms with van der Waals surface area (Å²) in [6.07, 6.45) is 0.610. The van der Waals surface area contributed by atoms with E-state index in [2.05, 4.69) is 0 Å². The number of benzene rings is 1. The van der Waals surface area contributed by atoms with E-state index in [0.717, 1.165) is 16.0 Å². The second-order valence-electron chi connectivity index (χ2n) is 5.40. The third kappa shape index (κ3) is 2.35. The molecule has 2 aromatic rings. The Bertz CT molecular complexity index is 767.